The van der Waals surface area contributed by atoms with Gasteiger partial charge in [0.1, 0.15) is 17.5 Å². The van der Waals surface area contributed by atoms with Gasteiger partial charge in [-0.3, -0.25) is 4.79 Å². The van der Waals surface area contributed by atoms with Crippen molar-refractivity contribution in [2.24, 2.45) is 0 Å². The molecule has 0 aliphatic heterocycles. The number of hydrogen-bond donors (Lipinski definition) is 1. The Bertz CT molecular complexity index is 665. The van der Waals surface area contributed by atoms with Gasteiger partial charge in [0, 0.05) is 6.92 Å². The Kier molecular flexibility index (Phi) is 3.21. The fraction of sp³-hybridized carbons (Fsp3) is 0.154. The minimum atomic E-state index is -0.277. The largest absolute Gasteiger partial charge is 0.497 e. The Hall–Kier alpha value is -2.81. The van der Waals surface area contributed by atoms with Crippen molar-refractivity contribution in [3.63, 3.8) is 0 Å². The lowest BCUT2D eigenvalue weighted by atomic mass is 10.2. The van der Waals surface area contributed by atoms with Crippen molar-refractivity contribution >= 4 is 11.5 Å². The van der Waals surface area contributed by atoms with Crippen molar-refractivity contribution in [3.8, 4) is 17.5 Å². The van der Waals surface area contributed by atoms with Gasteiger partial charge in [0.25, 0.3) is 0 Å². The predicted molar refractivity (Wildman–Crippen MR) is 69.2 cm³/mol. The van der Waals surface area contributed by atoms with Crippen LogP contribution in [0.2, 0.25) is 0 Å². The number of nitriles is 1. The number of methoxy groups -OCH3 is 1. The quantitative estimate of drug-likeness (QED) is 0.840. The number of nitrogens with two attached hydrogens (primary N) is 1. The maximum atomic E-state index is 11.4. The van der Waals surface area contributed by atoms with Crippen molar-refractivity contribution in [3.05, 3.63) is 35.7 Å². The SMILES string of the molecule is COc1ccc(-n2nc(C(C)=O)c(N)c2C#N)cc1. The monoisotopic (exact) mass is 256 g/mol. The second-order valence-electron chi connectivity index (χ2n) is 3.89. The molecule has 0 unspecified atom stereocenters. The Morgan fingerprint density at radius 3 is 2.53 bits per heavy atom. The minimum absolute atomic E-state index is 0.103. The fourth-order valence-corrected chi connectivity index (χ4v) is 1.71. The first-order chi connectivity index (χ1) is 9.08. The number of hydrogen-bond acceptors (Lipinski definition) is 5. The molecule has 0 fully saturated rings. The molecule has 2 aromatic rings. The van der Waals surface area contributed by atoms with Crippen LogP contribution in [0.15, 0.2) is 24.3 Å². The van der Waals surface area contributed by atoms with E-state index in [2.05, 4.69) is 5.10 Å². The summed E-state index contributed by atoms with van der Waals surface area (Å²) in [5.74, 6) is 0.412. The van der Waals surface area contributed by atoms with E-state index in [4.69, 9.17) is 15.7 Å². The highest BCUT2D eigenvalue weighted by Crippen LogP contribution is 2.22. The molecule has 0 spiro atoms. The number of ketones is 1. The van der Waals surface area contributed by atoms with Gasteiger partial charge >= 0.3 is 0 Å². The van der Waals surface area contributed by atoms with E-state index in [1.165, 1.54) is 11.6 Å². The van der Waals surface area contributed by atoms with Gasteiger partial charge in [0.05, 0.1) is 12.8 Å². The number of benzene rings is 1. The van der Waals surface area contributed by atoms with Crippen LogP contribution < -0.4 is 10.5 Å². The highest BCUT2D eigenvalue weighted by atomic mass is 16.5. The first kappa shape index (κ1) is 12.6. The van der Waals surface area contributed by atoms with Crippen LogP contribution in [-0.2, 0) is 0 Å². The van der Waals surface area contributed by atoms with Crippen LogP contribution in [-0.4, -0.2) is 22.7 Å². The smallest absolute Gasteiger partial charge is 0.182 e. The molecular formula is C13H12N4O2. The molecule has 2 N–H and O–H groups in total. The van der Waals surface area contributed by atoms with E-state index in [9.17, 15) is 4.79 Å². The maximum Gasteiger partial charge on any atom is 0.182 e. The molecule has 0 saturated carbocycles. The minimum Gasteiger partial charge on any atom is -0.497 e. The van der Waals surface area contributed by atoms with Gasteiger partial charge in [0.15, 0.2) is 17.2 Å². The summed E-state index contributed by atoms with van der Waals surface area (Å²) in [6.07, 6.45) is 0. The number of carbonyl (C=O) groups excluding carboxylic acids is 1. The molecule has 0 radical (unpaired) electrons. The number of nitrogens with zero attached hydrogens (tertiary/aromatic N) is 3. The van der Waals surface area contributed by atoms with Crippen LogP contribution in [0.3, 0.4) is 0 Å². The lowest BCUT2D eigenvalue weighted by Gasteiger charge is -2.04. The van der Waals surface area contributed by atoms with Crippen molar-refractivity contribution in [2.75, 3.05) is 12.8 Å². The number of carbonyl (C=O) groups is 1. The number of Topliss-reactive ketones (excluding diaryl/α,β-unsaturated/α-hetero) is 1. The number of ether oxygens (including phenoxy) is 1. The molecule has 0 amide bonds. The molecule has 19 heavy (non-hydrogen) atoms. The molecule has 6 nitrogen and oxygen atoms in total. The summed E-state index contributed by atoms with van der Waals surface area (Å²) in [4.78, 5) is 11.4. The third-order valence-corrected chi connectivity index (χ3v) is 2.68. The van der Waals surface area contributed by atoms with Gasteiger partial charge in [-0.1, -0.05) is 0 Å². The standard InChI is InChI=1S/C13H12N4O2/c1-8(18)13-12(15)11(7-14)17(16-13)9-3-5-10(19-2)6-4-9/h3-6H,15H2,1-2H3. The lowest BCUT2D eigenvalue weighted by Crippen LogP contribution is -2.01. The van der Waals surface area contributed by atoms with Crippen LogP contribution in [0.1, 0.15) is 23.1 Å². The van der Waals surface area contributed by atoms with Crippen LogP contribution in [0.25, 0.3) is 5.69 Å². The number of nitrogen functional groups attached to an aromatic ring is 1. The molecule has 0 aliphatic rings. The highest BCUT2D eigenvalue weighted by Gasteiger charge is 2.19. The Labute approximate surface area is 110 Å². The van der Waals surface area contributed by atoms with Crippen molar-refractivity contribution in [1.29, 1.82) is 5.26 Å². The molecule has 0 saturated heterocycles. The molecule has 0 atom stereocenters. The molecule has 0 bridgehead atoms. The first-order valence-corrected chi connectivity index (χ1v) is 5.52. The average Bonchev–Trinajstić information content (AvgIpc) is 2.76. The second-order valence-corrected chi connectivity index (χ2v) is 3.89. The van der Waals surface area contributed by atoms with Gasteiger partial charge in [-0.05, 0) is 24.3 Å². The van der Waals surface area contributed by atoms with Gasteiger partial charge in [-0.15, -0.1) is 0 Å². The summed E-state index contributed by atoms with van der Waals surface area (Å²) in [7, 11) is 1.56. The van der Waals surface area contributed by atoms with Crippen LogP contribution in [0.4, 0.5) is 5.69 Å². The summed E-state index contributed by atoms with van der Waals surface area (Å²) in [6.45, 7) is 1.36. The maximum absolute atomic E-state index is 11.4. The molecule has 1 heterocycles. The van der Waals surface area contributed by atoms with Crippen LogP contribution in [0.5, 0.6) is 5.75 Å². The van der Waals surface area contributed by atoms with E-state index in [0.717, 1.165) is 0 Å². The third-order valence-electron chi connectivity index (χ3n) is 2.68. The molecule has 96 valence electrons. The van der Waals surface area contributed by atoms with E-state index in [1.54, 1.807) is 31.4 Å². The van der Waals surface area contributed by atoms with Crippen LogP contribution in [0, 0.1) is 11.3 Å². The molecule has 1 aromatic carbocycles. The zero-order valence-electron chi connectivity index (χ0n) is 10.5. The molecular weight excluding hydrogens is 244 g/mol. The highest BCUT2D eigenvalue weighted by molar-refractivity contribution is 5.98. The number of anilines is 1. The molecule has 2 rings (SSSR count). The number of rotatable bonds is 3. The third kappa shape index (κ3) is 2.13. The fourth-order valence-electron chi connectivity index (χ4n) is 1.71. The van der Waals surface area contributed by atoms with E-state index in [-0.39, 0.29) is 22.9 Å². The van der Waals surface area contributed by atoms with Gasteiger partial charge in [0.2, 0.25) is 0 Å². The Morgan fingerprint density at radius 2 is 2.05 bits per heavy atom. The van der Waals surface area contributed by atoms with Crippen molar-refractivity contribution in [2.45, 2.75) is 6.92 Å². The summed E-state index contributed by atoms with van der Waals surface area (Å²) >= 11 is 0. The summed E-state index contributed by atoms with van der Waals surface area (Å²) in [5, 5.41) is 13.2. The van der Waals surface area contributed by atoms with Crippen molar-refractivity contribution < 1.29 is 9.53 Å². The summed E-state index contributed by atoms with van der Waals surface area (Å²) in [6, 6.07) is 8.90. The summed E-state index contributed by atoms with van der Waals surface area (Å²) < 4.78 is 6.41. The van der Waals surface area contributed by atoms with Gasteiger partial charge in [-0.2, -0.15) is 10.4 Å². The molecule has 0 aliphatic carbocycles. The zero-order chi connectivity index (χ0) is 14.0. The first-order valence-electron chi connectivity index (χ1n) is 5.52. The Balaban J connectivity index is 2.58. The summed E-state index contributed by atoms with van der Waals surface area (Å²) in [5.41, 5.74) is 6.75. The lowest BCUT2D eigenvalue weighted by molar-refractivity contribution is 0.101. The van der Waals surface area contributed by atoms with E-state index < -0.39 is 0 Å². The van der Waals surface area contributed by atoms with E-state index in [0.29, 0.717) is 11.4 Å². The predicted octanol–water partition coefficient (Wildman–Crippen LogP) is 1.54. The molecule has 6 heteroatoms. The van der Waals surface area contributed by atoms with E-state index in [1.807, 2.05) is 6.07 Å². The molecule has 1 aromatic heterocycles. The van der Waals surface area contributed by atoms with Crippen LogP contribution >= 0.6 is 0 Å². The zero-order valence-corrected chi connectivity index (χ0v) is 10.5. The average molecular weight is 256 g/mol. The topological polar surface area (TPSA) is 93.9 Å². The van der Waals surface area contributed by atoms with Crippen molar-refractivity contribution in [1.82, 2.24) is 9.78 Å². The van der Waals surface area contributed by atoms with Gasteiger partial charge < -0.3 is 10.5 Å². The number of aromatic nitrogens is 2. The van der Waals surface area contributed by atoms with E-state index >= 15 is 0 Å². The second kappa shape index (κ2) is 4.82. The normalized spacial score (nSPS) is 9.95. The Morgan fingerprint density at radius 1 is 1.42 bits per heavy atom. The van der Waals surface area contributed by atoms with Gasteiger partial charge in [-0.25, -0.2) is 4.68 Å².